The van der Waals surface area contributed by atoms with Gasteiger partial charge < -0.3 is 0 Å². The Morgan fingerprint density at radius 3 is 2.53 bits per heavy atom. The first-order valence-corrected chi connectivity index (χ1v) is 7.13. The molecule has 1 aromatic rings. The van der Waals surface area contributed by atoms with E-state index in [2.05, 4.69) is 0 Å². The van der Waals surface area contributed by atoms with Crippen molar-refractivity contribution in [2.75, 3.05) is 13.6 Å². The summed E-state index contributed by atoms with van der Waals surface area (Å²) >= 11 is 0. The van der Waals surface area contributed by atoms with Crippen molar-refractivity contribution in [2.24, 2.45) is 5.92 Å². The number of nitrogens with zero attached hydrogens (tertiary/aromatic N) is 3. The Hall–Kier alpha value is -1.89. The monoisotopic (exact) mass is 277 g/mol. The van der Waals surface area contributed by atoms with E-state index in [0.29, 0.717) is 11.1 Å². The first-order valence-electron chi connectivity index (χ1n) is 5.69. The predicted octanol–water partition coefficient (Wildman–Crippen LogP) is 1.65. The van der Waals surface area contributed by atoms with Gasteiger partial charge in [0.1, 0.15) is 0 Å². The van der Waals surface area contributed by atoms with Crippen molar-refractivity contribution in [3.63, 3.8) is 0 Å². The van der Waals surface area contributed by atoms with Gasteiger partial charge in [0.05, 0.1) is 28.5 Å². The Balaban J connectivity index is 3.21. The highest BCUT2D eigenvalue weighted by Gasteiger charge is 2.24. The van der Waals surface area contributed by atoms with Crippen LogP contribution in [0.4, 0.5) is 0 Å². The highest BCUT2D eigenvalue weighted by Crippen LogP contribution is 2.21. The molecule has 0 aliphatic carbocycles. The van der Waals surface area contributed by atoms with Gasteiger partial charge in [0.2, 0.25) is 10.0 Å². The lowest BCUT2D eigenvalue weighted by atomic mass is 10.2. The quantitative estimate of drug-likeness (QED) is 0.837. The molecular weight excluding hydrogens is 262 g/mol. The van der Waals surface area contributed by atoms with Gasteiger partial charge in [-0.15, -0.1) is 0 Å². The van der Waals surface area contributed by atoms with Crippen molar-refractivity contribution in [3.05, 3.63) is 29.3 Å². The predicted molar refractivity (Wildman–Crippen MR) is 70.5 cm³/mol. The average Bonchev–Trinajstić information content (AvgIpc) is 2.38. The molecule has 1 atom stereocenters. The van der Waals surface area contributed by atoms with Crippen LogP contribution >= 0.6 is 0 Å². The van der Waals surface area contributed by atoms with E-state index in [4.69, 9.17) is 10.5 Å². The van der Waals surface area contributed by atoms with Gasteiger partial charge >= 0.3 is 0 Å². The summed E-state index contributed by atoms with van der Waals surface area (Å²) in [6.07, 6.45) is 0. The number of aryl methyl sites for hydroxylation is 1. The number of rotatable bonds is 4. The minimum Gasteiger partial charge on any atom is -0.207 e. The molecule has 6 heteroatoms. The maximum atomic E-state index is 12.4. The maximum Gasteiger partial charge on any atom is 0.243 e. The van der Waals surface area contributed by atoms with E-state index < -0.39 is 10.0 Å². The number of benzene rings is 1. The number of hydrogen-bond donors (Lipinski definition) is 0. The summed E-state index contributed by atoms with van der Waals surface area (Å²) in [4.78, 5) is 0.110. The molecule has 0 aromatic heterocycles. The first kappa shape index (κ1) is 15.2. The molecule has 1 unspecified atom stereocenters. The van der Waals surface area contributed by atoms with Crippen LogP contribution in [0.5, 0.6) is 0 Å². The standard InChI is InChI=1S/C13H15N3O2S/c1-10(7-14)9-16(3)19(17,18)13-6-12(8-15)5-4-11(13)2/h4-6,10H,9H2,1-3H3. The Labute approximate surface area is 113 Å². The van der Waals surface area contributed by atoms with Gasteiger partial charge in [0.25, 0.3) is 0 Å². The normalized spacial score (nSPS) is 12.7. The number of nitriles is 2. The van der Waals surface area contributed by atoms with E-state index in [1.807, 2.05) is 12.1 Å². The third-order valence-corrected chi connectivity index (χ3v) is 4.72. The largest absolute Gasteiger partial charge is 0.243 e. The van der Waals surface area contributed by atoms with Crippen molar-refractivity contribution < 1.29 is 8.42 Å². The molecule has 100 valence electrons. The van der Waals surface area contributed by atoms with Crippen LogP contribution < -0.4 is 0 Å². The summed E-state index contributed by atoms with van der Waals surface area (Å²) in [5, 5.41) is 17.6. The van der Waals surface area contributed by atoms with Crippen molar-refractivity contribution >= 4 is 10.0 Å². The number of hydrogen-bond acceptors (Lipinski definition) is 4. The van der Waals surface area contributed by atoms with Gasteiger partial charge in [-0.3, -0.25) is 0 Å². The van der Waals surface area contributed by atoms with Crippen molar-refractivity contribution in [2.45, 2.75) is 18.7 Å². The molecule has 0 aliphatic heterocycles. The van der Waals surface area contributed by atoms with Crippen LogP contribution in [0, 0.1) is 35.5 Å². The van der Waals surface area contributed by atoms with Gasteiger partial charge in [-0.05, 0) is 31.5 Å². The van der Waals surface area contributed by atoms with Crippen LogP contribution in [0.15, 0.2) is 23.1 Å². The van der Waals surface area contributed by atoms with E-state index >= 15 is 0 Å². The zero-order valence-corrected chi connectivity index (χ0v) is 11.9. The van der Waals surface area contributed by atoms with Crippen LogP contribution in [0.2, 0.25) is 0 Å². The summed E-state index contributed by atoms with van der Waals surface area (Å²) in [6, 6.07) is 8.46. The lowest BCUT2D eigenvalue weighted by molar-refractivity contribution is 0.439. The van der Waals surface area contributed by atoms with Gasteiger partial charge in [-0.25, -0.2) is 8.42 Å². The lowest BCUT2D eigenvalue weighted by Gasteiger charge is -2.19. The summed E-state index contributed by atoms with van der Waals surface area (Å²) in [5.74, 6) is -0.390. The molecule has 0 bridgehead atoms. The van der Waals surface area contributed by atoms with Crippen molar-refractivity contribution in [1.29, 1.82) is 10.5 Å². The second-order valence-corrected chi connectivity index (χ2v) is 6.42. The molecule has 19 heavy (non-hydrogen) atoms. The molecule has 0 radical (unpaired) electrons. The third kappa shape index (κ3) is 3.31. The fourth-order valence-electron chi connectivity index (χ4n) is 1.64. The highest BCUT2D eigenvalue weighted by atomic mass is 32.2. The molecule has 1 aromatic carbocycles. The molecular formula is C13H15N3O2S. The van der Waals surface area contributed by atoms with Crippen molar-refractivity contribution in [1.82, 2.24) is 4.31 Å². The van der Waals surface area contributed by atoms with E-state index in [1.165, 1.54) is 13.1 Å². The lowest BCUT2D eigenvalue weighted by Crippen LogP contribution is -2.31. The van der Waals surface area contributed by atoms with E-state index in [-0.39, 0.29) is 17.4 Å². The first-order chi connectivity index (χ1) is 8.82. The van der Waals surface area contributed by atoms with E-state index in [1.54, 1.807) is 26.0 Å². The molecule has 5 nitrogen and oxygen atoms in total. The highest BCUT2D eigenvalue weighted by molar-refractivity contribution is 7.89. The Bertz CT molecular complexity index is 653. The Morgan fingerprint density at radius 2 is 2.00 bits per heavy atom. The van der Waals surface area contributed by atoms with Crippen LogP contribution in [0.25, 0.3) is 0 Å². The molecule has 0 saturated heterocycles. The molecule has 0 fully saturated rings. The summed E-state index contributed by atoms with van der Waals surface area (Å²) < 4.78 is 25.9. The molecule has 0 saturated carbocycles. The van der Waals surface area contributed by atoms with Crippen molar-refractivity contribution in [3.8, 4) is 12.1 Å². The zero-order valence-electron chi connectivity index (χ0n) is 11.1. The third-order valence-electron chi connectivity index (χ3n) is 2.76. The molecule has 1 rings (SSSR count). The van der Waals surface area contributed by atoms with Crippen LogP contribution in [-0.2, 0) is 10.0 Å². The summed E-state index contributed by atoms with van der Waals surface area (Å²) in [7, 11) is -2.24. The summed E-state index contributed by atoms with van der Waals surface area (Å²) in [6.45, 7) is 3.45. The fraction of sp³-hybridized carbons (Fsp3) is 0.385. The Morgan fingerprint density at radius 1 is 1.37 bits per heavy atom. The second-order valence-electron chi connectivity index (χ2n) is 4.41. The maximum absolute atomic E-state index is 12.4. The number of sulfonamides is 1. The van der Waals surface area contributed by atoms with E-state index in [9.17, 15) is 8.42 Å². The van der Waals surface area contributed by atoms with Gasteiger partial charge in [0, 0.05) is 13.6 Å². The minimum absolute atomic E-state index is 0.110. The van der Waals surface area contributed by atoms with Gasteiger partial charge in [0.15, 0.2) is 0 Å². The van der Waals surface area contributed by atoms with E-state index in [0.717, 1.165) is 4.31 Å². The summed E-state index contributed by atoms with van der Waals surface area (Å²) in [5.41, 5.74) is 0.876. The topological polar surface area (TPSA) is 85.0 Å². The van der Waals surface area contributed by atoms with Crippen LogP contribution in [-0.4, -0.2) is 26.3 Å². The molecule has 0 amide bonds. The van der Waals surface area contributed by atoms with Gasteiger partial charge in [-0.1, -0.05) is 6.07 Å². The fourth-order valence-corrected chi connectivity index (χ4v) is 3.15. The Kier molecular flexibility index (Phi) is 4.66. The molecule has 0 spiro atoms. The molecule has 0 aliphatic rings. The van der Waals surface area contributed by atoms with Crippen LogP contribution in [0.3, 0.4) is 0 Å². The SMILES string of the molecule is Cc1ccc(C#N)cc1S(=O)(=O)N(C)CC(C)C#N. The zero-order chi connectivity index (χ0) is 14.6. The molecule has 0 heterocycles. The second kappa shape index (κ2) is 5.83. The minimum atomic E-state index is -3.68. The van der Waals surface area contributed by atoms with Crippen LogP contribution in [0.1, 0.15) is 18.1 Å². The molecule has 0 N–H and O–H groups in total. The smallest absolute Gasteiger partial charge is 0.207 e. The van der Waals surface area contributed by atoms with Gasteiger partial charge in [-0.2, -0.15) is 14.8 Å². The average molecular weight is 277 g/mol.